The Labute approximate surface area is 118 Å². The molecule has 2 aromatic rings. The third-order valence-corrected chi connectivity index (χ3v) is 3.88. The molecule has 0 bridgehead atoms. The fraction of sp³-hybridized carbons (Fsp3) is 0.375. The molecular weight excluding hydrogens is 252 g/mol. The van der Waals surface area contributed by atoms with Gasteiger partial charge in [-0.25, -0.2) is 4.68 Å². The van der Waals surface area contributed by atoms with Crippen LogP contribution in [0.1, 0.15) is 36.3 Å². The van der Waals surface area contributed by atoms with Gasteiger partial charge in [-0.1, -0.05) is 12.1 Å². The van der Waals surface area contributed by atoms with Gasteiger partial charge in [-0.15, -0.1) is 0 Å². The van der Waals surface area contributed by atoms with Crippen LogP contribution < -0.4 is 0 Å². The molecule has 1 saturated carbocycles. The highest BCUT2D eigenvalue weighted by Crippen LogP contribution is 2.44. The summed E-state index contributed by atoms with van der Waals surface area (Å²) in [6, 6.07) is 8.11. The summed E-state index contributed by atoms with van der Waals surface area (Å²) in [6.07, 6.45) is 6.33. The zero-order valence-electron chi connectivity index (χ0n) is 11.5. The van der Waals surface area contributed by atoms with Crippen molar-refractivity contribution in [1.82, 2.24) is 9.78 Å². The molecule has 1 N–H and O–H groups in total. The number of benzene rings is 1. The van der Waals surface area contributed by atoms with Gasteiger partial charge in [-0.2, -0.15) is 5.10 Å². The number of aliphatic carboxylic acids is 1. The zero-order chi connectivity index (χ0) is 14.1. The normalized spacial score (nSPS) is 16.1. The van der Waals surface area contributed by atoms with Crippen molar-refractivity contribution in [2.75, 3.05) is 0 Å². The fourth-order valence-electron chi connectivity index (χ4n) is 2.67. The first-order chi connectivity index (χ1) is 9.63. The highest BCUT2D eigenvalue weighted by Gasteiger charge is 2.33. The molecule has 0 saturated heterocycles. The summed E-state index contributed by atoms with van der Waals surface area (Å²) in [5, 5.41) is 13.3. The van der Waals surface area contributed by atoms with Gasteiger partial charge < -0.3 is 5.11 Å². The lowest BCUT2D eigenvalue weighted by Crippen LogP contribution is -2.08. The van der Waals surface area contributed by atoms with Gasteiger partial charge in [0.05, 0.1) is 18.3 Å². The lowest BCUT2D eigenvalue weighted by molar-refractivity contribution is -0.137. The standard InChI is InChI=1S/C16H18N2O2/c1-11-9-17-18(10-11)14-6-4-13(5-7-14)15(8-16(19)20)12-2-3-12/h4-7,9-10,12,15H,2-3,8H2,1H3,(H,19,20). The maximum absolute atomic E-state index is 11.0. The number of nitrogens with zero attached hydrogens (tertiary/aromatic N) is 2. The Balaban J connectivity index is 1.82. The van der Waals surface area contributed by atoms with E-state index in [0.717, 1.165) is 29.7 Å². The molecule has 1 aromatic carbocycles. The van der Waals surface area contributed by atoms with Crippen LogP contribution in [-0.4, -0.2) is 20.9 Å². The van der Waals surface area contributed by atoms with Gasteiger partial charge in [-0.05, 0) is 54.9 Å². The Morgan fingerprint density at radius 2 is 2.10 bits per heavy atom. The number of carboxylic acids is 1. The predicted molar refractivity (Wildman–Crippen MR) is 76.0 cm³/mol. The van der Waals surface area contributed by atoms with Crippen molar-refractivity contribution in [3.8, 4) is 5.69 Å². The second-order valence-corrected chi connectivity index (χ2v) is 5.60. The molecule has 1 aromatic heterocycles. The van der Waals surface area contributed by atoms with Crippen molar-refractivity contribution in [3.05, 3.63) is 47.8 Å². The molecule has 1 aliphatic rings. The van der Waals surface area contributed by atoms with E-state index < -0.39 is 5.97 Å². The Kier molecular flexibility index (Phi) is 3.30. The Morgan fingerprint density at radius 1 is 1.40 bits per heavy atom. The average Bonchev–Trinajstić information content (AvgIpc) is 3.18. The van der Waals surface area contributed by atoms with E-state index in [0.29, 0.717) is 5.92 Å². The van der Waals surface area contributed by atoms with Crippen molar-refractivity contribution in [2.45, 2.75) is 32.1 Å². The van der Waals surface area contributed by atoms with E-state index in [9.17, 15) is 4.79 Å². The van der Waals surface area contributed by atoms with Gasteiger partial charge in [0.2, 0.25) is 0 Å². The molecule has 20 heavy (non-hydrogen) atoms. The second kappa shape index (κ2) is 5.12. The van der Waals surface area contributed by atoms with Crippen molar-refractivity contribution < 1.29 is 9.90 Å². The van der Waals surface area contributed by atoms with Gasteiger partial charge in [0, 0.05) is 6.20 Å². The molecule has 1 heterocycles. The Hall–Kier alpha value is -2.10. The minimum atomic E-state index is -0.714. The third-order valence-electron chi connectivity index (χ3n) is 3.88. The SMILES string of the molecule is Cc1cnn(-c2ccc(C(CC(=O)O)C3CC3)cc2)c1. The molecule has 1 atom stereocenters. The van der Waals surface area contributed by atoms with E-state index in [4.69, 9.17) is 5.11 Å². The monoisotopic (exact) mass is 270 g/mol. The van der Waals surface area contributed by atoms with Crippen molar-refractivity contribution >= 4 is 5.97 Å². The number of aryl methyl sites for hydroxylation is 1. The highest BCUT2D eigenvalue weighted by molar-refractivity contribution is 5.68. The van der Waals surface area contributed by atoms with Gasteiger partial charge >= 0.3 is 5.97 Å². The molecule has 104 valence electrons. The van der Waals surface area contributed by atoms with Crippen LogP contribution in [0, 0.1) is 12.8 Å². The summed E-state index contributed by atoms with van der Waals surface area (Å²) in [5.74, 6) is -0.0153. The summed E-state index contributed by atoms with van der Waals surface area (Å²) in [6.45, 7) is 2.01. The van der Waals surface area contributed by atoms with Crippen LogP contribution in [0.5, 0.6) is 0 Å². The lowest BCUT2D eigenvalue weighted by Gasteiger charge is -2.15. The summed E-state index contributed by atoms with van der Waals surface area (Å²) in [4.78, 5) is 11.0. The number of aromatic nitrogens is 2. The third kappa shape index (κ3) is 2.74. The maximum atomic E-state index is 11.0. The van der Waals surface area contributed by atoms with Crippen LogP contribution >= 0.6 is 0 Å². The predicted octanol–water partition coefficient (Wildman–Crippen LogP) is 3.15. The molecule has 1 unspecified atom stereocenters. The van der Waals surface area contributed by atoms with Crippen LogP contribution in [0.4, 0.5) is 0 Å². The molecule has 1 aliphatic carbocycles. The number of rotatable bonds is 5. The van der Waals surface area contributed by atoms with Gasteiger partial charge in [0.15, 0.2) is 0 Å². The van der Waals surface area contributed by atoms with Crippen molar-refractivity contribution in [3.63, 3.8) is 0 Å². The van der Waals surface area contributed by atoms with E-state index in [-0.39, 0.29) is 12.3 Å². The Bertz CT molecular complexity index is 612. The minimum Gasteiger partial charge on any atom is -0.481 e. The number of carboxylic acid groups (broad SMARTS) is 1. The Morgan fingerprint density at radius 3 is 2.60 bits per heavy atom. The molecule has 0 spiro atoms. The molecule has 4 heteroatoms. The van der Waals surface area contributed by atoms with Gasteiger partial charge in [0.1, 0.15) is 0 Å². The molecule has 0 aliphatic heterocycles. The smallest absolute Gasteiger partial charge is 0.303 e. The van der Waals surface area contributed by atoms with Gasteiger partial charge in [-0.3, -0.25) is 4.79 Å². The van der Waals surface area contributed by atoms with Gasteiger partial charge in [0.25, 0.3) is 0 Å². The topological polar surface area (TPSA) is 55.1 Å². The van der Waals surface area contributed by atoms with Crippen LogP contribution in [0.25, 0.3) is 5.69 Å². The quantitative estimate of drug-likeness (QED) is 0.908. The van der Waals surface area contributed by atoms with E-state index in [1.54, 1.807) is 0 Å². The minimum absolute atomic E-state index is 0.154. The van der Waals surface area contributed by atoms with E-state index >= 15 is 0 Å². The second-order valence-electron chi connectivity index (χ2n) is 5.60. The number of hydrogen-bond donors (Lipinski definition) is 1. The summed E-state index contributed by atoms with van der Waals surface area (Å²) >= 11 is 0. The molecular formula is C16H18N2O2. The highest BCUT2D eigenvalue weighted by atomic mass is 16.4. The molecule has 0 radical (unpaired) electrons. The number of hydrogen-bond acceptors (Lipinski definition) is 2. The van der Waals surface area contributed by atoms with Crippen molar-refractivity contribution in [2.24, 2.45) is 5.92 Å². The van der Waals surface area contributed by atoms with Crippen LogP contribution in [0.3, 0.4) is 0 Å². The van der Waals surface area contributed by atoms with E-state index in [1.807, 2.05) is 48.3 Å². The lowest BCUT2D eigenvalue weighted by atomic mass is 9.91. The van der Waals surface area contributed by atoms with Crippen LogP contribution in [-0.2, 0) is 4.79 Å². The molecule has 1 fully saturated rings. The molecule has 3 rings (SSSR count). The van der Waals surface area contributed by atoms with E-state index in [1.165, 1.54) is 0 Å². The van der Waals surface area contributed by atoms with Crippen molar-refractivity contribution in [1.29, 1.82) is 0 Å². The largest absolute Gasteiger partial charge is 0.481 e. The molecule has 4 nitrogen and oxygen atoms in total. The zero-order valence-corrected chi connectivity index (χ0v) is 11.5. The van der Waals surface area contributed by atoms with Crippen LogP contribution in [0.15, 0.2) is 36.7 Å². The van der Waals surface area contributed by atoms with Crippen LogP contribution in [0.2, 0.25) is 0 Å². The average molecular weight is 270 g/mol. The maximum Gasteiger partial charge on any atom is 0.303 e. The first kappa shape index (κ1) is 12.9. The summed E-state index contributed by atoms with van der Waals surface area (Å²) in [7, 11) is 0. The first-order valence-corrected chi connectivity index (χ1v) is 6.97. The fourth-order valence-corrected chi connectivity index (χ4v) is 2.67. The number of carbonyl (C=O) groups is 1. The molecule has 0 amide bonds. The summed E-state index contributed by atoms with van der Waals surface area (Å²) < 4.78 is 1.84. The van der Waals surface area contributed by atoms with E-state index in [2.05, 4.69) is 5.10 Å². The summed E-state index contributed by atoms with van der Waals surface area (Å²) in [5.41, 5.74) is 3.25. The first-order valence-electron chi connectivity index (χ1n) is 6.97.